The lowest BCUT2D eigenvalue weighted by molar-refractivity contribution is -0.324. The molecule has 1 N–H and O–H groups in total. The third kappa shape index (κ3) is 10.3. The molecule has 0 aliphatic rings. The van der Waals surface area contributed by atoms with Crippen LogP contribution >= 0.6 is 0 Å². The number of nitrogens with one attached hydrogen (secondary N) is 1. The summed E-state index contributed by atoms with van der Waals surface area (Å²) in [5.41, 5.74) is 0. The Morgan fingerprint density at radius 1 is 0.739 bits per heavy atom. The van der Waals surface area contributed by atoms with Gasteiger partial charge in [0.2, 0.25) is 0 Å². The minimum Gasteiger partial charge on any atom is -0.512 e. The quantitative estimate of drug-likeness (QED) is 0.672. The van der Waals surface area contributed by atoms with Crippen molar-refractivity contribution in [3.8, 4) is 5.75 Å². The van der Waals surface area contributed by atoms with Crippen LogP contribution in [0.1, 0.15) is 0 Å². The highest BCUT2D eigenvalue weighted by Gasteiger charge is 2.47. The fourth-order valence-electron chi connectivity index (χ4n) is 1.18. The van der Waals surface area contributed by atoms with Gasteiger partial charge in [-0.15, -0.1) is 26.3 Å². The number of aromatic nitrogens is 1. The second kappa shape index (κ2) is 8.49. The van der Waals surface area contributed by atoms with Crippen molar-refractivity contribution in [1.29, 1.82) is 0 Å². The molecule has 0 fully saturated rings. The summed E-state index contributed by atoms with van der Waals surface area (Å²) in [6.45, 7) is 0. The Bertz CT molecular complexity index is 499. The van der Waals surface area contributed by atoms with Gasteiger partial charge in [-0.2, -0.15) is 0 Å². The van der Waals surface area contributed by atoms with Gasteiger partial charge in [0.25, 0.3) is 0 Å². The van der Waals surface area contributed by atoms with Gasteiger partial charge < -0.3 is 9.64 Å². The average Bonchev–Trinajstić information content (AvgIpc) is 2.94. The molecule has 0 spiro atoms. The molecule has 4 nitrogen and oxygen atoms in total. The maximum atomic E-state index is 11.8. The maximum absolute atomic E-state index is 11.8. The molecule has 126 valence electrons. The maximum Gasteiger partial charge on any atom is 0.726 e. The van der Waals surface area contributed by atoms with Crippen molar-refractivity contribution in [3.05, 3.63) is 54.9 Å². The third-order valence-corrected chi connectivity index (χ3v) is 1.93. The minimum atomic E-state index is -5.33. The highest BCUT2D eigenvalue weighted by atomic mass is 19.4. The van der Waals surface area contributed by atoms with E-state index in [2.05, 4.69) is 18.9 Å². The van der Waals surface area contributed by atoms with Gasteiger partial charge in [0, 0.05) is 12.4 Å². The zero-order valence-corrected chi connectivity index (χ0v) is 11.3. The molecule has 1 heterocycles. The lowest BCUT2D eigenvalue weighted by Crippen LogP contribution is -2.40. The van der Waals surface area contributed by atoms with Crippen LogP contribution in [0.25, 0.3) is 0 Å². The van der Waals surface area contributed by atoms with Crippen LogP contribution in [0, 0.1) is 0 Å². The lowest BCUT2D eigenvalue weighted by atomic mass is 10.2. The molecule has 23 heavy (non-hydrogen) atoms. The number of hydrogen-bond acceptors (Lipinski definition) is 3. The summed E-state index contributed by atoms with van der Waals surface area (Å²) in [4.78, 5) is 2.86. The summed E-state index contributed by atoms with van der Waals surface area (Å²) >= 11 is 0. The van der Waals surface area contributed by atoms with Crippen LogP contribution in [-0.2, 0) is 9.31 Å². The first kappa shape index (κ1) is 18.9. The predicted octanol–water partition coefficient (Wildman–Crippen LogP) is 4.14. The molecule has 0 saturated heterocycles. The van der Waals surface area contributed by atoms with E-state index in [1.807, 2.05) is 24.5 Å². The van der Waals surface area contributed by atoms with E-state index in [0.29, 0.717) is 0 Å². The first-order valence-corrected chi connectivity index (χ1v) is 5.94. The molecule has 0 bridgehead atoms. The van der Waals surface area contributed by atoms with E-state index in [1.54, 1.807) is 0 Å². The fourth-order valence-corrected chi connectivity index (χ4v) is 1.18. The Balaban J connectivity index is 0.000000446. The predicted molar refractivity (Wildman–Crippen MR) is 67.9 cm³/mol. The fraction of sp³-hybridized carbons (Fsp3) is 0.167. The van der Waals surface area contributed by atoms with E-state index in [9.17, 15) is 26.3 Å². The Hall–Kier alpha value is -2.14. The molecule has 0 radical (unpaired) electrons. The van der Waals surface area contributed by atoms with Crippen LogP contribution in [0.4, 0.5) is 26.3 Å². The number of rotatable bonds is 4. The van der Waals surface area contributed by atoms with Gasteiger partial charge in [-0.05, 0) is 24.3 Å². The molecular weight excluding hydrogens is 331 g/mol. The van der Waals surface area contributed by atoms with Crippen LogP contribution in [0.2, 0.25) is 0 Å². The number of para-hydroxylation sites is 1. The Morgan fingerprint density at radius 3 is 1.57 bits per heavy atom. The standard InChI is InChI=1S/C8H5BF6O3.C4H5N/c10-7(11,12)17-9(18-8(13,14)15)16-6-4-2-1-3-5-6;1-2-4-5-3-1/h1-5H;1-5H. The number of alkyl halides is 6. The second-order valence-corrected chi connectivity index (χ2v) is 3.73. The Kier molecular flexibility index (Phi) is 6.98. The molecule has 2 rings (SSSR count). The van der Waals surface area contributed by atoms with Gasteiger partial charge in [-0.25, -0.2) is 0 Å². The monoisotopic (exact) mass is 341 g/mol. The molecule has 0 atom stereocenters. The molecule has 1 aromatic carbocycles. The highest BCUT2D eigenvalue weighted by Crippen LogP contribution is 2.25. The number of hydrogen-bond donors (Lipinski definition) is 1. The largest absolute Gasteiger partial charge is 0.726 e. The Morgan fingerprint density at radius 2 is 1.22 bits per heavy atom. The van der Waals surface area contributed by atoms with Crippen LogP contribution in [0.5, 0.6) is 5.75 Å². The molecule has 0 amide bonds. The average molecular weight is 341 g/mol. The zero-order chi connectivity index (χ0) is 17.3. The molecule has 1 aromatic heterocycles. The van der Waals surface area contributed by atoms with E-state index in [1.165, 1.54) is 18.2 Å². The number of H-pyrrole nitrogens is 1. The van der Waals surface area contributed by atoms with Crippen molar-refractivity contribution in [1.82, 2.24) is 4.98 Å². The van der Waals surface area contributed by atoms with Crippen LogP contribution in [-0.4, -0.2) is 25.0 Å². The lowest BCUT2D eigenvalue weighted by Gasteiger charge is -2.17. The summed E-state index contributed by atoms with van der Waals surface area (Å²) in [7, 11) is -2.97. The third-order valence-electron chi connectivity index (χ3n) is 1.93. The summed E-state index contributed by atoms with van der Waals surface area (Å²) in [6, 6.07) is 10.4. The van der Waals surface area contributed by atoms with Crippen LogP contribution in [0.3, 0.4) is 0 Å². The zero-order valence-electron chi connectivity index (χ0n) is 11.3. The molecule has 2 aromatic rings. The first-order chi connectivity index (χ1) is 10.7. The normalized spacial score (nSPS) is 11.4. The number of aromatic amines is 1. The summed E-state index contributed by atoms with van der Waals surface area (Å²) in [5, 5.41) is 0. The van der Waals surface area contributed by atoms with Crippen molar-refractivity contribution in [2.75, 3.05) is 0 Å². The van der Waals surface area contributed by atoms with Crippen LogP contribution in [0.15, 0.2) is 54.9 Å². The van der Waals surface area contributed by atoms with Gasteiger partial charge in [0.05, 0.1) is 0 Å². The van der Waals surface area contributed by atoms with E-state index in [4.69, 9.17) is 0 Å². The summed E-state index contributed by atoms with van der Waals surface area (Å²) in [5.74, 6) is -0.268. The van der Waals surface area contributed by atoms with Crippen LogP contribution < -0.4 is 4.65 Å². The highest BCUT2D eigenvalue weighted by molar-refractivity contribution is 6.37. The van der Waals surface area contributed by atoms with Gasteiger partial charge in [0.15, 0.2) is 0 Å². The van der Waals surface area contributed by atoms with E-state index in [-0.39, 0.29) is 5.75 Å². The van der Waals surface area contributed by atoms with E-state index in [0.717, 1.165) is 12.1 Å². The van der Waals surface area contributed by atoms with Crippen molar-refractivity contribution in [3.63, 3.8) is 0 Å². The SMILES string of the molecule is FC(F)(F)OB(Oc1ccccc1)OC(F)(F)F.c1cc[nH]c1. The van der Waals surface area contributed by atoms with Crippen molar-refractivity contribution in [2.24, 2.45) is 0 Å². The van der Waals surface area contributed by atoms with Crippen molar-refractivity contribution in [2.45, 2.75) is 12.7 Å². The van der Waals surface area contributed by atoms with Gasteiger partial charge in [-0.1, -0.05) is 18.2 Å². The smallest absolute Gasteiger partial charge is 0.512 e. The van der Waals surface area contributed by atoms with E-state index >= 15 is 0 Å². The van der Waals surface area contributed by atoms with Gasteiger partial charge >= 0.3 is 20.0 Å². The van der Waals surface area contributed by atoms with Crippen molar-refractivity contribution >= 4 is 7.32 Å². The number of benzene rings is 1. The number of halogens is 6. The van der Waals surface area contributed by atoms with E-state index < -0.39 is 20.0 Å². The Labute approximate surface area is 127 Å². The molecule has 0 unspecified atom stereocenters. The van der Waals surface area contributed by atoms with Crippen molar-refractivity contribution < 1.29 is 40.3 Å². The summed E-state index contributed by atoms with van der Waals surface area (Å²) in [6.07, 6.45) is -6.91. The van der Waals surface area contributed by atoms with Gasteiger partial charge in [0.1, 0.15) is 5.75 Å². The topological polar surface area (TPSA) is 43.5 Å². The second-order valence-electron chi connectivity index (χ2n) is 3.73. The molecular formula is C12H10BF6NO3. The molecule has 11 heteroatoms. The summed E-state index contributed by atoms with van der Waals surface area (Å²) < 4.78 is 81.4. The molecule has 0 aliphatic heterocycles. The molecule has 0 aliphatic carbocycles. The first-order valence-electron chi connectivity index (χ1n) is 5.94. The minimum absolute atomic E-state index is 0.268. The molecule has 0 saturated carbocycles. The van der Waals surface area contributed by atoms with Gasteiger partial charge in [-0.3, -0.25) is 9.31 Å².